The molecule has 0 unspecified atom stereocenters. The average Bonchev–Trinajstić information content (AvgIpc) is 3.06. The predicted octanol–water partition coefficient (Wildman–Crippen LogP) is 5.00. The summed E-state index contributed by atoms with van der Waals surface area (Å²) in [6.45, 7) is 0.109. The lowest BCUT2D eigenvalue weighted by molar-refractivity contribution is -0.116. The van der Waals surface area contributed by atoms with E-state index in [1.165, 1.54) is 0 Å². The molecule has 0 aliphatic heterocycles. The molecular weight excluding hydrogens is 374 g/mol. The summed E-state index contributed by atoms with van der Waals surface area (Å²) in [5.41, 5.74) is 3.15. The van der Waals surface area contributed by atoms with E-state index < -0.39 is 0 Å². The van der Waals surface area contributed by atoms with Gasteiger partial charge < -0.3 is 14.6 Å². The van der Waals surface area contributed by atoms with Gasteiger partial charge in [-0.2, -0.15) is 0 Å². The van der Waals surface area contributed by atoms with Crippen LogP contribution < -0.4 is 10.1 Å². The number of benzene rings is 3. The van der Waals surface area contributed by atoms with E-state index in [0.717, 1.165) is 16.6 Å². The van der Waals surface area contributed by atoms with Crippen LogP contribution in [0, 0.1) is 0 Å². The third-order valence-electron chi connectivity index (χ3n) is 4.42. The zero-order valence-corrected chi connectivity index (χ0v) is 16.0. The molecule has 4 rings (SSSR count). The summed E-state index contributed by atoms with van der Waals surface area (Å²) in [7, 11) is 1.59. The van der Waals surface area contributed by atoms with Gasteiger partial charge in [0.1, 0.15) is 18.1 Å². The Kier molecular flexibility index (Phi) is 5.00. The SMILES string of the molecule is COc1cccc(NC(=O)Cn2c(-c3ccccc3Cl)nc3ccccc32)c1. The van der Waals surface area contributed by atoms with Crippen molar-refractivity contribution in [3.05, 3.63) is 77.8 Å². The van der Waals surface area contributed by atoms with Crippen LogP contribution in [0.5, 0.6) is 5.75 Å². The molecule has 1 N–H and O–H groups in total. The highest BCUT2D eigenvalue weighted by Gasteiger charge is 2.17. The maximum atomic E-state index is 12.8. The molecule has 1 heterocycles. The molecule has 1 amide bonds. The van der Waals surface area contributed by atoms with Crippen LogP contribution >= 0.6 is 11.6 Å². The molecule has 0 fully saturated rings. The number of imidazole rings is 1. The lowest BCUT2D eigenvalue weighted by Crippen LogP contribution is -2.19. The van der Waals surface area contributed by atoms with E-state index in [4.69, 9.17) is 21.3 Å². The number of rotatable bonds is 5. The lowest BCUT2D eigenvalue weighted by Gasteiger charge is -2.11. The molecule has 5 nitrogen and oxygen atoms in total. The zero-order chi connectivity index (χ0) is 19.5. The van der Waals surface area contributed by atoms with Crippen LogP contribution in [0.15, 0.2) is 72.8 Å². The van der Waals surface area contributed by atoms with Crippen molar-refractivity contribution < 1.29 is 9.53 Å². The quantitative estimate of drug-likeness (QED) is 0.520. The van der Waals surface area contributed by atoms with Crippen LogP contribution in [0.25, 0.3) is 22.4 Å². The number of para-hydroxylation sites is 2. The highest BCUT2D eigenvalue weighted by Crippen LogP contribution is 2.30. The van der Waals surface area contributed by atoms with Crippen molar-refractivity contribution >= 4 is 34.2 Å². The minimum Gasteiger partial charge on any atom is -0.497 e. The molecule has 0 saturated heterocycles. The molecule has 0 aliphatic carbocycles. The van der Waals surface area contributed by atoms with Gasteiger partial charge in [-0.3, -0.25) is 4.79 Å². The first kappa shape index (κ1) is 18.1. The van der Waals surface area contributed by atoms with Crippen LogP contribution in [0.1, 0.15) is 0 Å². The number of nitrogens with zero attached hydrogens (tertiary/aromatic N) is 2. The van der Waals surface area contributed by atoms with Crippen LogP contribution in [-0.4, -0.2) is 22.6 Å². The number of carbonyl (C=O) groups is 1. The number of methoxy groups -OCH3 is 1. The van der Waals surface area contributed by atoms with Crippen molar-refractivity contribution in [3.63, 3.8) is 0 Å². The summed E-state index contributed by atoms with van der Waals surface area (Å²) in [5, 5.41) is 3.50. The summed E-state index contributed by atoms with van der Waals surface area (Å²) in [4.78, 5) is 17.5. The molecule has 0 atom stereocenters. The van der Waals surface area contributed by atoms with Gasteiger partial charge in [-0.15, -0.1) is 0 Å². The van der Waals surface area contributed by atoms with Crippen LogP contribution in [0.2, 0.25) is 5.02 Å². The van der Waals surface area contributed by atoms with Crippen LogP contribution in [0.4, 0.5) is 5.69 Å². The summed E-state index contributed by atoms with van der Waals surface area (Å²) >= 11 is 6.39. The fraction of sp³-hybridized carbons (Fsp3) is 0.0909. The molecule has 0 saturated carbocycles. The van der Waals surface area contributed by atoms with Gasteiger partial charge in [0.15, 0.2) is 0 Å². The molecule has 6 heteroatoms. The number of nitrogens with one attached hydrogen (secondary N) is 1. The molecule has 0 bridgehead atoms. The Morgan fingerprint density at radius 2 is 1.86 bits per heavy atom. The van der Waals surface area contributed by atoms with Gasteiger partial charge in [0.25, 0.3) is 0 Å². The monoisotopic (exact) mass is 391 g/mol. The topological polar surface area (TPSA) is 56.1 Å². The fourth-order valence-corrected chi connectivity index (χ4v) is 3.35. The number of amides is 1. The van der Waals surface area contributed by atoms with Crippen molar-refractivity contribution in [1.82, 2.24) is 9.55 Å². The van der Waals surface area contributed by atoms with Gasteiger partial charge in [0, 0.05) is 17.3 Å². The third-order valence-corrected chi connectivity index (χ3v) is 4.75. The maximum absolute atomic E-state index is 12.8. The van der Waals surface area contributed by atoms with Crippen molar-refractivity contribution in [2.24, 2.45) is 0 Å². The average molecular weight is 392 g/mol. The number of aromatic nitrogens is 2. The van der Waals surface area contributed by atoms with E-state index in [1.807, 2.05) is 71.3 Å². The molecule has 0 radical (unpaired) electrons. The number of fused-ring (bicyclic) bond motifs is 1. The Labute approximate surface area is 167 Å². The van der Waals surface area contributed by atoms with Gasteiger partial charge in [0.2, 0.25) is 5.91 Å². The van der Waals surface area contributed by atoms with Crippen LogP contribution in [-0.2, 0) is 11.3 Å². The second-order valence-electron chi connectivity index (χ2n) is 6.27. The summed E-state index contributed by atoms with van der Waals surface area (Å²) in [6, 6.07) is 22.5. The fourth-order valence-electron chi connectivity index (χ4n) is 3.13. The molecule has 3 aromatic carbocycles. The Bertz CT molecular complexity index is 1150. The van der Waals surface area contributed by atoms with Gasteiger partial charge in [-0.25, -0.2) is 4.98 Å². The first-order valence-corrected chi connectivity index (χ1v) is 9.17. The lowest BCUT2D eigenvalue weighted by atomic mass is 10.2. The van der Waals surface area contributed by atoms with Gasteiger partial charge in [-0.05, 0) is 36.4 Å². The standard InChI is InChI=1S/C22H18ClN3O2/c1-28-16-8-6-7-15(13-16)24-21(27)14-26-20-12-5-4-11-19(20)25-22(26)17-9-2-3-10-18(17)23/h2-13H,14H2,1H3,(H,24,27). The van der Waals surface area contributed by atoms with E-state index in [0.29, 0.717) is 22.3 Å². The summed E-state index contributed by atoms with van der Waals surface area (Å²) < 4.78 is 7.09. The highest BCUT2D eigenvalue weighted by molar-refractivity contribution is 6.33. The number of hydrogen-bond donors (Lipinski definition) is 1. The largest absolute Gasteiger partial charge is 0.497 e. The number of anilines is 1. The normalized spacial score (nSPS) is 10.8. The predicted molar refractivity (Wildman–Crippen MR) is 112 cm³/mol. The molecule has 28 heavy (non-hydrogen) atoms. The minimum absolute atomic E-state index is 0.109. The Balaban J connectivity index is 1.70. The van der Waals surface area contributed by atoms with Gasteiger partial charge in [0.05, 0.1) is 23.2 Å². The smallest absolute Gasteiger partial charge is 0.244 e. The summed E-state index contributed by atoms with van der Waals surface area (Å²) in [6.07, 6.45) is 0. The molecule has 4 aromatic rings. The third kappa shape index (κ3) is 3.57. The van der Waals surface area contributed by atoms with E-state index >= 15 is 0 Å². The van der Waals surface area contributed by atoms with Crippen molar-refractivity contribution in [2.75, 3.05) is 12.4 Å². The second-order valence-corrected chi connectivity index (χ2v) is 6.68. The number of carbonyl (C=O) groups excluding carboxylic acids is 1. The highest BCUT2D eigenvalue weighted by atomic mass is 35.5. The molecule has 140 valence electrons. The van der Waals surface area contributed by atoms with E-state index in [1.54, 1.807) is 13.2 Å². The Hall–Kier alpha value is -3.31. The minimum atomic E-state index is -0.162. The number of hydrogen-bond acceptors (Lipinski definition) is 3. The first-order chi connectivity index (χ1) is 13.7. The van der Waals surface area contributed by atoms with Crippen molar-refractivity contribution in [2.45, 2.75) is 6.54 Å². The zero-order valence-electron chi connectivity index (χ0n) is 15.2. The maximum Gasteiger partial charge on any atom is 0.244 e. The van der Waals surface area contributed by atoms with Gasteiger partial charge >= 0.3 is 0 Å². The Morgan fingerprint density at radius 3 is 2.68 bits per heavy atom. The first-order valence-electron chi connectivity index (χ1n) is 8.80. The molecule has 1 aromatic heterocycles. The van der Waals surface area contributed by atoms with E-state index in [9.17, 15) is 4.79 Å². The number of ether oxygens (including phenoxy) is 1. The van der Waals surface area contributed by atoms with E-state index in [2.05, 4.69) is 5.32 Å². The van der Waals surface area contributed by atoms with Crippen LogP contribution in [0.3, 0.4) is 0 Å². The molecule has 0 spiro atoms. The van der Waals surface area contributed by atoms with Crippen molar-refractivity contribution in [1.29, 1.82) is 0 Å². The molecular formula is C22H18ClN3O2. The molecule has 0 aliphatic rings. The second kappa shape index (κ2) is 7.74. The van der Waals surface area contributed by atoms with Gasteiger partial charge in [-0.1, -0.05) is 41.9 Å². The number of halogens is 1. The Morgan fingerprint density at radius 1 is 1.07 bits per heavy atom. The summed E-state index contributed by atoms with van der Waals surface area (Å²) in [5.74, 6) is 1.18. The van der Waals surface area contributed by atoms with E-state index in [-0.39, 0.29) is 12.5 Å². The van der Waals surface area contributed by atoms with Crippen molar-refractivity contribution in [3.8, 4) is 17.1 Å².